The lowest BCUT2D eigenvalue weighted by molar-refractivity contribution is -0.144. The summed E-state index contributed by atoms with van der Waals surface area (Å²) in [7, 11) is 1.96. The highest BCUT2D eigenvalue weighted by Gasteiger charge is 2.32. The second-order valence-electron chi connectivity index (χ2n) is 6.53. The van der Waals surface area contributed by atoms with E-state index in [4.69, 9.17) is 0 Å². The summed E-state index contributed by atoms with van der Waals surface area (Å²) in [6, 6.07) is 3.79. The zero-order valence-corrected chi connectivity index (χ0v) is 14.5. The monoisotopic (exact) mass is 346 g/mol. The zero-order chi connectivity index (χ0) is 18.0. The number of aryl methyl sites for hydroxylation is 2. The average molecular weight is 346 g/mol. The minimum absolute atomic E-state index is 0.232. The number of aliphatic carboxylic acids is 1. The number of piperazine rings is 1. The second kappa shape index (κ2) is 7.33. The molecule has 0 radical (unpaired) electrons. The number of halogens is 1. The largest absolute Gasteiger partial charge is 0.480 e. The van der Waals surface area contributed by atoms with Crippen LogP contribution in [0, 0.1) is 12.7 Å². The standard InChI is InChI=1S/C18H23FN4O2/c1-13-3-4-14(15(19)11-13)17(18(24)25)23-9-7-22(8-10-23)12-16-20-5-6-21(16)2/h3-6,11,17H,7-10,12H2,1-2H3,(H,24,25)/t17-/m0/s1. The lowest BCUT2D eigenvalue weighted by Crippen LogP contribution is -2.49. The summed E-state index contributed by atoms with van der Waals surface area (Å²) in [6.07, 6.45) is 3.68. The van der Waals surface area contributed by atoms with Crippen LogP contribution in [-0.4, -0.2) is 56.6 Å². The lowest BCUT2D eigenvalue weighted by Gasteiger charge is -2.37. The van der Waals surface area contributed by atoms with Crippen molar-refractivity contribution in [3.05, 3.63) is 53.4 Å². The smallest absolute Gasteiger partial charge is 0.325 e. The summed E-state index contributed by atoms with van der Waals surface area (Å²) in [6.45, 7) is 5.13. The number of carboxylic acids is 1. The van der Waals surface area contributed by atoms with Crippen LogP contribution < -0.4 is 0 Å². The molecule has 2 heterocycles. The van der Waals surface area contributed by atoms with E-state index >= 15 is 0 Å². The SMILES string of the molecule is Cc1ccc([C@@H](C(=O)O)N2CCN(Cc3nccn3C)CC2)c(F)c1. The van der Waals surface area contributed by atoms with Gasteiger partial charge in [-0.2, -0.15) is 0 Å². The van der Waals surface area contributed by atoms with Crippen LogP contribution in [0.4, 0.5) is 4.39 Å². The van der Waals surface area contributed by atoms with Gasteiger partial charge in [-0.15, -0.1) is 0 Å². The molecule has 1 fully saturated rings. The predicted octanol–water partition coefficient (Wildman–Crippen LogP) is 1.81. The first-order chi connectivity index (χ1) is 12.0. The Morgan fingerprint density at radius 3 is 2.60 bits per heavy atom. The molecule has 1 N–H and O–H groups in total. The third kappa shape index (κ3) is 3.88. The number of hydrogen-bond donors (Lipinski definition) is 1. The topological polar surface area (TPSA) is 61.6 Å². The molecule has 2 aromatic rings. The number of carboxylic acid groups (broad SMARTS) is 1. The van der Waals surface area contributed by atoms with E-state index in [1.807, 2.05) is 22.7 Å². The molecule has 25 heavy (non-hydrogen) atoms. The molecular weight excluding hydrogens is 323 g/mol. The van der Waals surface area contributed by atoms with E-state index in [9.17, 15) is 14.3 Å². The van der Waals surface area contributed by atoms with Gasteiger partial charge in [0.25, 0.3) is 0 Å². The molecular formula is C18H23FN4O2. The Hall–Kier alpha value is -2.25. The Kier molecular flexibility index (Phi) is 5.15. The molecule has 1 saturated heterocycles. The molecule has 0 amide bonds. The molecule has 7 heteroatoms. The Labute approximate surface area is 146 Å². The predicted molar refractivity (Wildman–Crippen MR) is 91.6 cm³/mol. The van der Waals surface area contributed by atoms with Crippen LogP contribution >= 0.6 is 0 Å². The third-order valence-corrected chi connectivity index (χ3v) is 4.74. The Morgan fingerprint density at radius 1 is 1.32 bits per heavy atom. The van der Waals surface area contributed by atoms with Gasteiger partial charge in [-0.3, -0.25) is 14.6 Å². The summed E-state index contributed by atoms with van der Waals surface area (Å²) in [4.78, 5) is 20.2. The number of carbonyl (C=O) groups is 1. The van der Waals surface area contributed by atoms with E-state index in [0.29, 0.717) is 13.1 Å². The molecule has 3 rings (SSSR count). The molecule has 6 nitrogen and oxygen atoms in total. The molecule has 1 aromatic carbocycles. The van der Waals surface area contributed by atoms with Gasteiger partial charge in [-0.05, 0) is 18.6 Å². The van der Waals surface area contributed by atoms with Gasteiger partial charge in [0.05, 0.1) is 6.54 Å². The molecule has 0 spiro atoms. The Bertz CT molecular complexity index is 753. The fourth-order valence-corrected chi connectivity index (χ4v) is 3.27. The van der Waals surface area contributed by atoms with Crippen molar-refractivity contribution >= 4 is 5.97 Å². The number of benzene rings is 1. The van der Waals surface area contributed by atoms with Crippen molar-refractivity contribution in [1.82, 2.24) is 19.4 Å². The number of hydrogen-bond acceptors (Lipinski definition) is 4. The van der Waals surface area contributed by atoms with Crippen molar-refractivity contribution in [3.8, 4) is 0 Å². The number of imidazole rings is 1. The summed E-state index contributed by atoms with van der Waals surface area (Å²) < 4.78 is 16.3. The van der Waals surface area contributed by atoms with Crippen LogP contribution in [0.3, 0.4) is 0 Å². The second-order valence-corrected chi connectivity index (χ2v) is 6.53. The molecule has 1 aliphatic rings. The first-order valence-electron chi connectivity index (χ1n) is 8.37. The number of nitrogens with zero attached hydrogens (tertiary/aromatic N) is 4. The van der Waals surface area contributed by atoms with Crippen LogP contribution in [0.1, 0.15) is 23.0 Å². The maximum atomic E-state index is 14.3. The highest BCUT2D eigenvalue weighted by Crippen LogP contribution is 2.26. The molecule has 1 atom stereocenters. The van der Waals surface area contributed by atoms with Crippen LogP contribution in [0.5, 0.6) is 0 Å². The van der Waals surface area contributed by atoms with Gasteiger partial charge in [-0.25, -0.2) is 9.37 Å². The fraction of sp³-hybridized carbons (Fsp3) is 0.444. The Morgan fingerprint density at radius 2 is 2.04 bits per heavy atom. The minimum Gasteiger partial charge on any atom is -0.480 e. The quantitative estimate of drug-likeness (QED) is 0.895. The first kappa shape index (κ1) is 17.6. The molecule has 1 aliphatic heterocycles. The van der Waals surface area contributed by atoms with Gasteiger partial charge in [0.1, 0.15) is 17.7 Å². The summed E-state index contributed by atoms with van der Waals surface area (Å²) in [5.74, 6) is -0.490. The van der Waals surface area contributed by atoms with Crippen LogP contribution in [0.2, 0.25) is 0 Å². The highest BCUT2D eigenvalue weighted by atomic mass is 19.1. The van der Waals surface area contributed by atoms with Crippen molar-refractivity contribution in [2.45, 2.75) is 19.5 Å². The summed E-state index contributed by atoms with van der Waals surface area (Å²) in [5, 5.41) is 9.65. The molecule has 0 aliphatic carbocycles. The molecule has 0 bridgehead atoms. The zero-order valence-electron chi connectivity index (χ0n) is 14.5. The third-order valence-electron chi connectivity index (χ3n) is 4.74. The van der Waals surface area contributed by atoms with Crippen LogP contribution in [-0.2, 0) is 18.4 Å². The van der Waals surface area contributed by atoms with E-state index in [1.165, 1.54) is 6.07 Å². The van der Waals surface area contributed by atoms with E-state index in [0.717, 1.165) is 31.0 Å². The van der Waals surface area contributed by atoms with Gasteiger partial charge < -0.3 is 9.67 Å². The minimum atomic E-state index is -1.01. The van der Waals surface area contributed by atoms with E-state index in [-0.39, 0.29) is 5.56 Å². The molecule has 0 unspecified atom stereocenters. The fourth-order valence-electron chi connectivity index (χ4n) is 3.27. The normalized spacial score (nSPS) is 17.6. The highest BCUT2D eigenvalue weighted by molar-refractivity contribution is 5.75. The van der Waals surface area contributed by atoms with Crippen molar-refractivity contribution < 1.29 is 14.3 Å². The van der Waals surface area contributed by atoms with Crippen molar-refractivity contribution in [1.29, 1.82) is 0 Å². The lowest BCUT2D eigenvalue weighted by atomic mass is 10.0. The van der Waals surface area contributed by atoms with Crippen molar-refractivity contribution in [2.75, 3.05) is 26.2 Å². The van der Waals surface area contributed by atoms with Gasteiger partial charge >= 0.3 is 5.97 Å². The molecule has 0 saturated carbocycles. The van der Waals surface area contributed by atoms with Crippen LogP contribution in [0.15, 0.2) is 30.6 Å². The van der Waals surface area contributed by atoms with Gasteiger partial charge in [0, 0.05) is 51.2 Å². The van der Waals surface area contributed by atoms with E-state index in [1.54, 1.807) is 25.3 Å². The molecule has 1 aromatic heterocycles. The van der Waals surface area contributed by atoms with Gasteiger partial charge in [0.2, 0.25) is 0 Å². The van der Waals surface area contributed by atoms with Crippen molar-refractivity contribution in [2.24, 2.45) is 7.05 Å². The average Bonchev–Trinajstić information content (AvgIpc) is 2.96. The number of rotatable bonds is 5. The summed E-state index contributed by atoms with van der Waals surface area (Å²) >= 11 is 0. The first-order valence-corrected chi connectivity index (χ1v) is 8.37. The maximum Gasteiger partial charge on any atom is 0.325 e. The number of aromatic nitrogens is 2. The Balaban J connectivity index is 1.69. The summed E-state index contributed by atoms with van der Waals surface area (Å²) in [5.41, 5.74) is 1.01. The molecule has 134 valence electrons. The van der Waals surface area contributed by atoms with E-state index < -0.39 is 17.8 Å². The van der Waals surface area contributed by atoms with Gasteiger partial charge in [0.15, 0.2) is 0 Å². The van der Waals surface area contributed by atoms with E-state index in [2.05, 4.69) is 9.88 Å². The van der Waals surface area contributed by atoms with Crippen LogP contribution in [0.25, 0.3) is 0 Å². The maximum absolute atomic E-state index is 14.3. The van der Waals surface area contributed by atoms with Crippen molar-refractivity contribution in [3.63, 3.8) is 0 Å². The van der Waals surface area contributed by atoms with Gasteiger partial charge in [-0.1, -0.05) is 12.1 Å².